The Morgan fingerprint density at radius 1 is 1.38 bits per heavy atom. The number of hydrogen-bond donors (Lipinski definition) is 4. The normalized spacial score (nSPS) is 22.9. The zero-order valence-electron chi connectivity index (χ0n) is 21.6. The molecule has 17 nitrogen and oxygen atoms in total. The van der Waals surface area contributed by atoms with E-state index in [4.69, 9.17) is 29.8 Å². The lowest BCUT2D eigenvalue weighted by Crippen LogP contribution is -2.37. The van der Waals surface area contributed by atoms with Gasteiger partial charge in [-0.05, 0) is 38.4 Å². The highest BCUT2D eigenvalue weighted by Crippen LogP contribution is 2.46. The SMILES string of the molecule is CC(C)OC(=O)[C@H](C)N[P@](=O)(OC[C@H]1O[C@@H](n2cnc3c(=O)[nH]c(N)nc32)[C@H](N=[N+]=[N-])[C@@H]1O)Oc1ccccc1. The van der Waals surface area contributed by atoms with E-state index in [9.17, 15) is 19.3 Å². The maximum Gasteiger partial charge on any atom is 0.459 e. The summed E-state index contributed by atoms with van der Waals surface area (Å²) in [6.45, 7) is 4.23. The van der Waals surface area contributed by atoms with E-state index in [1.54, 1.807) is 32.0 Å². The minimum Gasteiger partial charge on any atom is -0.462 e. The zero-order chi connectivity index (χ0) is 29.0. The van der Waals surface area contributed by atoms with Gasteiger partial charge in [0.15, 0.2) is 11.2 Å². The van der Waals surface area contributed by atoms with Gasteiger partial charge in [0.1, 0.15) is 30.2 Å². The smallest absolute Gasteiger partial charge is 0.459 e. The van der Waals surface area contributed by atoms with Gasteiger partial charge in [-0.3, -0.25) is 23.7 Å². The molecule has 3 heterocycles. The number of carbonyl (C=O) groups is 1. The van der Waals surface area contributed by atoms with E-state index in [2.05, 4.69) is 30.1 Å². The fourth-order valence-electron chi connectivity index (χ4n) is 3.92. The van der Waals surface area contributed by atoms with Crippen molar-refractivity contribution in [2.24, 2.45) is 5.11 Å². The van der Waals surface area contributed by atoms with Crippen LogP contribution >= 0.6 is 7.75 Å². The van der Waals surface area contributed by atoms with Crippen LogP contribution in [0.2, 0.25) is 0 Å². The number of aliphatic hydroxyl groups excluding tert-OH is 1. The number of para-hydroxylation sites is 1. The van der Waals surface area contributed by atoms with Crippen LogP contribution < -0.4 is 20.9 Å². The number of rotatable bonds is 11. The third-order valence-corrected chi connectivity index (χ3v) is 7.33. The van der Waals surface area contributed by atoms with Gasteiger partial charge in [-0.15, -0.1) is 0 Å². The maximum absolute atomic E-state index is 13.8. The molecule has 214 valence electrons. The number of nitrogens with two attached hydrogens (primary N) is 1. The van der Waals surface area contributed by atoms with Crippen LogP contribution in [0.3, 0.4) is 0 Å². The number of nitrogens with zero attached hydrogens (tertiary/aromatic N) is 6. The van der Waals surface area contributed by atoms with Crippen molar-refractivity contribution in [1.29, 1.82) is 0 Å². The molecule has 1 aromatic carbocycles. The Bertz CT molecular complexity index is 1510. The van der Waals surface area contributed by atoms with Gasteiger partial charge in [-0.25, -0.2) is 9.55 Å². The molecule has 2 aromatic heterocycles. The molecule has 0 radical (unpaired) electrons. The first-order valence-corrected chi connectivity index (χ1v) is 13.6. The molecule has 3 aromatic rings. The first-order valence-electron chi connectivity index (χ1n) is 12.1. The van der Waals surface area contributed by atoms with Crippen LogP contribution in [0.15, 0.2) is 46.6 Å². The fraction of sp³-hybridized carbons (Fsp3) is 0.455. The molecule has 18 heteroatoms. The highest BCUT2D eigenvalue weighted by atomic mass is 31.2. The van der Waals surface area contributed by atoms with Crippen molar-refractivity contribution in [3.05, 3.63) is 57.5 Å². The Kier molecular flexibility index (Phi) is 8.73. The Morgan fingerprint density at radius 2 is 2.10 bits per heavy atom. The summed E-state index contributed by atoms with van der Waals surface area (Å²) in [5.41, 5.74) is 14.1. The summed E-state index contributed by atoms with van der Waals surface area (Å²) in [7, 11) is -4.28. The minimum absolute atomic E-state index is 0.0235. The molecule has 0 saturated carbocycles. The Balaban J connectivity index is 1.58. The quantitative estimate of drug-likeness (QED) is 0.0838. The number of H-pyrrole nitrogens is 1. The van der Waals surface area contributed by atoms with Gasteiger partial charge in [0, 0.05) is 4.91 Å². The molecule has 1 fully saturated rings. The third-order valence-electron chi connectivity index (χ3n) is 5.68. The van der Waals surface area contributed by atoms with Gasteiger partial charge in [-0.1, -0.05) is 23.3 Å². The molecule has 0 aliphatic carbocycles. The number of aromatic amines is 1. The van der Waals surface area contributed by atoms with Crippen LogP contribution in [0.4, 0.5) is 5.95 Å². The van der Waals surface area contributed by atoms with E-state index in [0.29, 0.717) is 0 Å². The van der Waals surface area contributed by atoms with Gasteiger partial charge < -0.3 is 24.8 Å². The molecule has 1 aliphatic heterocycles. The lowest BCUT2D eigenvalue weighted by Gasteiger charge is -2.25. The van der Waals surface area contributed by atoms with Crippen molar-refractivity contribution >= 4 is 30.8 Å². The second-order valence-corrected chi connectivity index (χ2v) is 10.8. The average molecular weight is 577 g/mol. The van der Waals surface area contributed by atoms with E-state index in [0.717, 1.165) is 0 Å². The second kappa shape index (κ2) is 12.0. The second-order valence-electron chi connectivity index (χ2n) is 9.06. The number of hydrogen-bond acceptors (Lipinski definition) is 12. The number of nitrogens with one attached hydrogen (secondary N) is 2. The number of ether oxygens (including phenoxy) is 2. The number of benzene rings is 1. The molecule has 0 spiro atoms. The molecule has 1 saturated heterocycles. The lowest BCUT2D eigenvalue weighted by atomic mass is 10.1. The Hall–Kier alpha value is -3.98. The predicted octanol–water partition coefficient (Wildman–Crippen LogP) is 1.77. The summed E-state index contributed by atoms with van der Waals surface area (Å²) < 4.78 is 37.3. The van der Waals surface area contributed by atoms with Gasteiger partial charge in [0.05, 0.1) is 25.1 Å². The fourth-order valence-corrected chi connectivity index (χ4v) is 5.42. The molecule has 40 heavy (non-hydrogen) atoms. The summed E-state index contributed by atoms with van der Waals surface area (Å²) in [5.74, 6) is -0.697. The number of aromatic nitrogens is 4. The van der Waals surface area contributed by atoms with E-state index in [1.807, 2.05) is 0 Å². The molecule has 0 bridgehead atoms. The topological polar surface area (TPSA) is 242 Å². The van der Waals surface area contributed by atoms with E-state index >= 15 is 0 Å². The molecule has 0 amide bonds. The van der Waals surface area contributed by atoms with E-state index in [1.165, 1.54) is 30.0 Å². The van der Waals surface area contributed by atoms with Gasteiger partial charge in [0.2, 0.25) is 5.95 Å². The molecule has 0 unspecified atom stereocenters. The molecule has 5 N–H and O–H groups in total. The average Bonchev–Trinajstić information content (AvgIpc) is 3.44. The number of nitrogen functional groups attached to an aromatic ring is 1. The van der Waals surface area contributed by atoms with Gasteiger partial charge in [-0.2, -0.15) is 10.1 Å². The Labute approximate surface area is 226 Å². The molecule has 6 atom stereocenters. The maximum atomic E-state index is 13.8. The van der Waals surface area contributed by atoms with E-state index in [-0.39, 0.29) is 22.9 Å². The number of fused-ring (bicyclic) bond motifs is 1. The van der Waals surface area contributed by atoms with Crippen LogP contribution in [0.25, 0.3) is 21.6 Å². The predicted molar refractivity (Wildman–Crippen MR) is 140 cm³/mol. The number of aliphatic hydroxyl groups is 1. The lowest BCUT2D eigenvalue weighted by molar-refractivity contribution is -0.149. The molecule has 1 aliphatic rings. The zero-order valence-corrected chi connectivity index (χ0v) is 22.5. The van der Waals surface area contributed by atoms with Crippen LogP contribution in [0.5, 0.6) is 5.75 Å². The number of carbonyl (C=O) groups excluding carboxylic acids is 1. The summed E-state index contributed by atoms with van der Waals surface area (Å²) in [6.07, 6.45) is -3.03. The molecular formula is C22H28N9O8P. The van der Waals surface area contributed by atoms with Crippen molar-refractivity contribution in [2.75, 3.05) is 12.3 Å². The van der Waals surface area contributed by atoms with Crippen molar-refractivity contribution in [3.8, 4) is 5.75 Å². The first-order chi connectivity index (χ1) is 19.0. The largest absolute Gasteiger partial charge is 0.462 e. The summed E-state index contributed by atoms with van der Waals surface area (Å²) in [4.78, 5) is 37.7. The Morgan fingerprint density at radius 3 is 2.77 bits per heavy atom. The van der Waals surface area contributed by atoms with E-state index < -0.39 is 62.5 Å². The summed E-state index contributed by atoms with van der Waals surface area (Å²) >= 11 is 0. The standard InChI is InChI=1S/C22H28N9O8P/c1-11(2)37-21(34)12(3)29-40(35,39-13-7-5-4-6-8-13)36-9-14-17(32)15(28-30-24)20(38-14)31-10-25-16-18(31)26-22(23)27-19(16)33/h4-8,10-12,14-15,17,20,32H,9H2,1-3H3,(H,29,35)(H3,23,26,27,33)/t12-,14+,15+,17+,20+,40-/m0/s1. The third kappa shape index (κ3) is 6.42. The van der Waals surface area contributed by atoms with Crippen LogP contribution in [-0.2, 0) is 23.4 Å². The van der Waals surface area contributed by atoms with Crippen molar-refractivity contribution in [1.82, 2.24) is 24.6 Å². The number of azide groups is 1. The number of anilines is 1. The van der Waals surface area contributed by atoms with Crippen LogP contribution in [0.1, 0.15) is 27.0 Å². The molecular weight excluding hydrogens is 549 g/mol. The number of imidazole rings is 1. The monoisotopic (exact) mass is 577 g/mol. The van der Waals surface area contributed by atoms with Gasteiger partial charge in [0.25, 0.3) is 5.56 Å². The minimum atomic E-state index is -4.28. The van der Waals surface area contributed by atoms with Crippen molar-refractivity contribution in [3.63, 3.8) is 0 Å². The van der Waals surface area contributed by atoms with Gasteiger partial charge >= 0.3 is 13.7 Å². The highest BCUT2D eigenvalue weighted by molar-refractivity contribution is 7.52. The van der Waals surface area contributed by atoms with Crippen LogP contribution in [0, 0.1) is 0 Å². The van der Waals surface area contributed by atoms with Crippen LogP contribution in [-0.4, -0.2) is 67.6 Å². The van der Waals surface area contributed by atoms with Crippen molar-refractivity contribution in [2.45, 2.75) is 57.4 Å². The highest BCUT2D eigenvalue weighted by Gasteiger charge is 2.46. The summed E-state index contributed by atoms with van der Waals surface area (Å²) in [5, 5.41) is 17.1. The van der Waals surface area contributed by atoms with Crippen molar-refractivity contribution < 1.29 is 33.0 Å². The summed E-state index contributed by atoms with van der Waals surface area (Å²) in [6, 6.07) is 5.78. The first kappa shape index (κ1) is 29.0. The number of esters is 1. The molecule has 4 rings (SSSR count).